The number of phenols is 1. The van der Waals surface area contributed by atoms with E-state index in [-0.39, 0.29) is 35.8 Å². The van der Waals surface area contributed by atoms with Crippen molar-refractivity contribution in [1.82, 2.24) is 5.32 Å². The highest BCUT2D eigenvalue weighted by molar-refractivity contribution is 5.61. The van der Waals surface area contributed by atoms with Crippen LogP contribution in [0.15, 0.2) is 6.07 Å². The minimum atomic E-state index is -0.278. The van der Waals surface area contributed by atoms with Gasteiger partial charge in [-0.2, -0.15) is 10.5 Å². The summed E-state index contributed by atoms with van der Waals surface area (Å²) in [6.45, 7) is 0.498. The first-order chi connectivity index (χ1) is 8.69. The zero-order valence-electron chi connectivity index (χ0n) is 9.90. The molecule has 0 bridgehead atoms. The molecule has 94 valence electrons. The number of ether oxygens (including phenoxy) is 1. The number of rotatable bonds is 5. The van der Waals surface area contributed by atoms with Crippen LogP contribution in [0, 0.1) is 22.7 Å². The van der Waals surface area contributed by atoms with E-state index in [2.05, 4.69) is 5.32 Å². The van der Waals surface area contributed by atoms with Crippen molar-refractivity contribution in [3.05, 3.63) is 22.8 Å². The highest BCUT2D eigenvalue weighted by Crippen LogP contribution is 2.34. The van der Waals surface area contributed by atoms with Crippen molar-refractivity contribution in [2.75, 3.05) is 20.3 Å². The van der Waals surface area contributed by atoms with E-state index >= 15 is 0 Å². The third-order valence-corrected chi connectivity index (χ3v) is 2.42. The minimum absolute atomic E-state index is 0.0105. The van der Waals surface area contributed by atoms with Crippen LogP contribution in [0.1, 0.15) is 16.7 Å². The van der Waals surface area contributed by atoms with Crippen LogP contribution < -0.4 is 10.1 Å². The van der Waals surface area contributed by atoms with Crippen molar-refractivity contribution in [2.24, 2.45) is 0 Å². The molecule has 0 atom stereocenters. The maximum atomic E-state index is 9.81. The molecule has 0 spiro atoms. The number of aliphatic hydroxyl groups is 1. The number of hydrogen-bond donors (Lipinski definition) is 3. The molecule has 0 radical (unpaired) electrons. The average Bonchev–Trinajstić information content (AvgIpc) is 2.39. The lowest BCUT2D eigenvalue weighted by molar-refractivity contribution is 0.292. The van der Waals surface area contributed by atoms with Crippen LogP contribution in [0.4, 0.5) is 0 Å². The van der Waals surface area contributed by atoms with Gasteiger partial charge in [0.15, 0.2) is 11.5 Å². The second-order valence-corrected chi connectivity index (χ2v) is 3.45. The van der Waals surface area contributed by atoms with Crippen LogP contribution >= 0.6 is 0 Å². The van der Waals surface area contributed by atoms with Crippen LogP contribution in [-0.2, 0) is 6.54 Å². The van der Waals surface area contributed by atoms with Gasteiger partial charge in [-0.1, -0.05) is 0 Å². The van der Waals surface area contributed by atoms with Crippen LogP contribution in [0.25, 0.3) is 0 Å². The van der Waals surface area contributed by atoms with Crippen molar-refractivity contribution in [1.29, 1.82) is 10.5 Å². The fraction of sp³-hybridized carbons (Fsp3) is 0.333. The fourth-order valence-electron chi connectivity index (χ4n) is 1.54. The molecule has 6 heteroatoms. The smallest absolute Gasteiger partial charge is 0.176 e. The van der Waals surface area contributed by atoms with Gasteiger partial charge in [0, 0.05) is 24.7 Å². The molecule has 1 aromatic rings. The Balaban J connectivity index is 3.26. The fourth-order valence-corrected chi connectivity index (χ4v) is 1.54. The number of nitrogens with one attached hydrogen (secondary N) is 1. The number of methoxy groups -OCH3 is 1. The van der Waals surface area contributed by atoms with Gasteiger partial charge in [0.05, 0.1) is 25.3 Å². The summed E-state index contributed by atoms with van der Waals surface area (Å²) in [6, 6.07) is 5.19. The number of benzene rings is 1. The molecule has 18 heavy (non-hydrogen) atoms. The normalized spacial score (nSPS) is 9.56. The van der Waals surface area contributed by atoms with Crippen molar-refractivity contribution in [3.8, 4) is 23.6 Å². The molecule has 0 aliphatic carbocycles. The van der Waals surface area contributed by atoms with Crippen LogP contribution in [0.3, 0.4) is 0 Å². The van der Waals surface area contributed by atoms with Gasteiger partial charge in [-0.3, -0.25) is 0 Å². The van der Waals surface area contributed by atoms with Gasteiger partial charge in [-0.05, 0) is 0 Å². The summed E-state index contributed by atoms with van der Waals surface area (Å²) < 4.78 is 4.90. The van der Waals surface area contributed by atoms with E-state index in [1.807, 2.05) is 12.1 Å². The first-order valence-corrected chi connectivity index (χ1v) is 5.24. The van der Waals surface area contributed by atoms with Gasteiger partial charge in [-0.15, -0.1) is 0 Å². The van der Waals surface area contributed by atoms with Gasteiger partial charge in [0.1, 0.15) is 11.6 Å². The maximum absolute atomic E-state index is 9.81. The molecule has 0 fully saturated rings. The molecular formula is C12H13N3O3. The Morgan fingerprint density at radius 2 is 2.11 bits per heavy atom. The van der Waals surface area contributed by atoms with E-state index in [9.17, 15) is 5.11 Å². The number of nitrogens with zero attached hydrogens (tertiary/aromatic N) is 2. The van der Waals surface area contributed by atoms with Crippen LogP contribution in [0.2, 0.25) is 0 Å². The third kappa shape index (κ3) is 2.69. The Labute approximate surface area is 105 Å². The van der Waals surface area contributed by atoms with Crippen molar-refractivity contribution in [3.63, 3.8) is 0 Å². The van der Waals surface area contributed by atoms with Gasteiger partial charge in [0.25, 0.3) is 0 Å². The molecule has 0 aliphatic rings. The molecule has 0 unspecified atom stereocenters. The molecular weight excluding hydrogens is 234 g/mol. The van der Waals surface area contributed by atoms with Crippen molar-refractivity contribution >= 4 is 0 Å². The molecule has 0 aromatic heterocycles. The summed E-state index contributed by atoms with van der Waals surface area (Å²) >= 11 is 0. The lowest BCUT2D eigenvalue weighted by atomic mass is 10.0. The summed E-state index contributed by atoms with van der Waals surface area (Å²) in [5.41, 5.74) is 0.662. The van der Waals surface area contributed by atoms with Gasteiger partial charge < -0.3 is 20.3 Å². The molecule has 1 aromatic carbocycles. The zero-order chi connectivity index (χ0) is 13.5. The van der Waals surface area contributed by atoms with E-state index in [0.717, 1.165) is 0 Å². The molecule has 0 saturated heterocycles. The van der Waals surface area contributed by atoms with Crippen molar-refractivity contribution < 1.29 is 14.9 Å². The van der Waals surface area contributed by atoms with E-state index in [1.54, 1.807) is 0 Å². The van der Waals surface area contributed by atoms with E-state index in [4.69, 9.17) is 20.4 Å². The molecule has 0 aliphatic heterocycles. The lowest BCUT2D eigenvalue weighted by Gasteiger charge is -2.12. The Bertz CT molecular complexity index is 515. The average molecular weight is 247 g/mol. The SMILES string of the molecule is COc1cc(C#N)c(CNCCO)c(C#N)c1O. The number of aromatic hydroxyl groups is 1. The van der Waals surface area contributed by atoms with Crippen molar-refractivity contribution in [2.45, 2.75) is 6.54 Å². The van der Waals surface area contributed by atoms with E-state index in [0.29, 0.717) is 12.1 Å². The molecule has 1 rings (SSSR count). The maximum Gasteiger partial charge on any atom is 0.176 e. The molecule has 0 amide bonds. The number of aliphatic hydroxyl groups excluding tert-OH is 1. The van der Waals surface area contributed by atoms with Crippen LogP contribution in [0.5, 0.6) is 11.5 Å². The van der Waals surface area contributed by atoms with Gasteiger partial charge in [0.2, 0.25) is 0 Å². The standard InChI is InChI=1S/C12H13N3O3/c1-18-11-4-8(5-13)10(7-15-2-3-16)9(6-14)12(11)17/h4,15-17H,2-3,7H2,1H3. The second kappa shape index (κ2) is 6.45. The number of hydrogen-bond acceptors (Lipinski definition) is 6. The first kappa shape index (κ1) is 13.8. The minimum Gasteiger partial charge on any atom is -0.503 e. The number of nitriles is 2. The second-order valence-electron chi connectivity index (χ2n) is 3.45. The largest absolute Gasteiger partial charge is 0.503 e. The highest BCUT2D eigenvalue weighted by Gasteiger charge is 2.17. The summed E-state index contributed by atoms with van der Waals surface area (Å²) in [5, 5.41) is 39.4. The van der Waals surface area contributed by atoms with Gasteiger partial charge in [-0.25, -0.2) is 0 Å². The molecule has 0 heterocycles. The molecule has 0 saturated carbocycles. The monoisotopic (exact) mass is 247 g/mol. The Hall–Kier alpha value is -2.28. The topological polar surface area (TPSA) is 109 Å². The summed E-state index contributed by atoms with van der Waals surface area (Å²) in [4.78, 5) is 0. The summed E-state index contributed by atoms with van der Waals surface area (Å²) in [5.74, 6) is -0.186. The zero-order valence-corrected chi connectivity index (χ0v) is 9.90. The molecule has 6 nitrogen and oxygen atoms in total. The summed E-state index contributed by atoms with van der Waals surface area (Å²) in [7, 11) is 1.35. The van der Waals surface area contributed by atoms with Crippen LogP contribution in [-0.4, -0.2) is 30.5 Å². The summed E-state index contributed by atoms with van der Waals surface area (Å²) in [6.07, 6.45) is 0. The quantitative estimate of drug-likeness (QED) is 0.642. The first-order valence-electron chi connectivity index (χ1n) is 5.24. The number of phenolic OH excluding ortho intramolecular Hbond substituents is 1. The van der Waals surface area contributed by atoms with E-state index < -0.39 is 0 Å². The highest BCUT2D eigenvalue weighted by atomic mass is 16.5. The Morgan fingerprint density at radius 3 is 2.61 bits per heavy atom. The predicted octanol–water partition coefficient (Wildman–Crippen LogP) is 0.226. The van der Waals surface area contributed by atoms with Gasteiger partial charge >= 0.3 is 0 Å². The third-order valence-electron chi connectivity index (χ3n) is 2.42. The predicted molar refractivity (Wildman–Crippen MR) is 62.9 cm³/mol. The van der Waals surface area contributed by atoms with E-state index in [1.165, 1.54) is 13.2 Å². The molecule has 3 N–H and O–H groups in total. The Kier molecular flexibility index (Phi) is 4.94. The lowest BCUT2D eigenvalue weighted by Crippen LogP contribution is -2.19. The Morgan fingerprint density at radius 1 is 1.39 bits per heavy atom.